The third-order valence-electron chi connectivity index (χ3n) is 0.798. The molecule has 50 valence electrons. The van der Waals surface area contributed by atoms with Crippen LogP contribution in [-0.2, 0) is 0 Å². The first-order chi connectivity index (χ1) is 3.55. The fraction of sp³-hybridized carbons (Fsp3) is 1.00. The Balaban J connectivity index is 3.46. The van der Waals surface area contributed by atoms with Gasteiger partial charge in [0.2, 0.25) is 0 Å². The average molecular weight is 175 g/mol. The molecular weight excluding hydrogens is 166 g/mol. The van der Waals surface area contributed by atoms with Crippen LogP contribution in [0.4, 0.5) is 0 Å². The molecule has 0 fully saturated rings. The van der Waals surface area contributed by atoms with E-state index in [1.165, 1.54) is 0 Å². The second-order valence-electron chi connectivity index (χ2n) is 1.55. The molecule has 0 heterocycles. The maximum Gasteiger partial charge on any atom is 0.173 e. The maximum absolute atomic E-state index is 5.54. The van der Waals surface area contributed by atoms with Gasteiger partial charge in [0.15, 0.2) is 6.78 Å². The minimum atomic E-state index is -0.997. The lowest BCUT2D eigenvalue weighted by Gasteiger charge is -2.23. The molecule has 8 heavy (non-hydrogen) atoms. The van der Waals surface area contributed by atoms with Crippen molar-refractivity contribution in [3.05, 3.63) is 0 Å². The van der Waals surface area contributed by atoms with Crippen LogP contribution in [0.1, 0.15) is 0 Å². The van der Waals surface area contributed by atoms with E-state index in [1.807, 2.05) is 26.2 Å². The minimum absolute atomic E-state index is 0.997. The molecule has 0 atom stereocenters. The van der Waals surface area contributed by atoms with E-state index in [0.29, 0.717) is 0 Å². The molecule has 0 saturated heterocycles. The first kappa shape index (κ1) is 8.93. The summed E-state index contributed by atoms with van der Waals surface area (Å²) in [7, 11) is 5.62. The summed E-state index contributed by atoms with van der Waals surface area (Å²) in [4.78, 5) is 0. The highest BCUT2D eigenvalue weighted by Gasteiger charge is 2.08. The standard InChI is InChI=1S/C3H9Cl2N2P/c1-6(2)7(3)8(4)5/h1-3H3. The predicted molar refractivity (Wildman–Crippen MR) is 40.1 cm³/mol. The van der Waals surface area contributed by atoms with E-state index in [-0.39, 0.29) is 0 Å². The summed E-state index contributed by atoms with van der Waals surface area (Å²) in [6, 6.07) is 0. The zero-order chi connectivity index (χ0) is 6.73. The summed E-state index contributed by atoms with van der Waals surface area (Å²) in [5.41, 5.74) is 0. The van der Waals surface area contributed by atoms with E-state index in [9.17, 15) is 0 Å². The van der Waals surface area contributed by atoms with Gasteiger partial charge in [-0.25, -0.2) is 5.01 Å². The Kier molecular flexibility index (Phi) is 4.31. The third kappa shape index (κ3) is 3.06. The molecule has 2 nitrogen and oxygen atoms in total. The van der Waals surface area contributed by atoms with Crippen LogP contribution in [0.3, 0.4) is 0 Å². The number of hydrogen-bond donors (Lipinski definition) is 0. The zero-order valence-electron chi connectivity index (χ0n) is 5.10. The highest BCUT2D eigenvalue weighted by molar-refractivity contribution is 8.02. The quantitative estimate of drug-likeness (QED) is 0.468. The Morgan fingerprint density at radius 1 is 1.12 bits per heavy atom. The largest absolute Gasteiger partial charge is 0.243 e. The lowest BCUT2D eigenvalue weighted by molar-refractivity contribution is 0.174. The van der Waals surface area contributed by atoms with Gasteiger partial charge in [0.1, 0.15) is 0 Å². The van der Waals surface area contributed by atoms with Crippen LogP contribution in [0.25, 0.3) is 0 Å². The van der Waals surface area contributed by atoms with Crippen molar-refractivity contribution in [2.24, 2.45) is 0 Å². The number of halogens is 2. The van der Waals surface area contributed by atoms with Gasteiger partial charge in [-0.15, -0.1) is 0 Å². The molecule has 0 saturated carbocycles. The van der Waals surface area contributed by atoms with Crippen molar-refractivity contribution in [3.63, 3.8) is 0 Å². The van der Waals surface area contributed by atoms with E-state index in [4.69, 9.17) is 22.5 Å². The molecule has 0 aliphatic rings. The van der Waals surface area contributed by atoms with Crippen molar-refractivity contribution in [1.82, 2.24) is 9.79 Å². The van der Waals surface area contributed by atoms with Crippen LogP contribution < -0.4 is 0 Å². The SMILES string of the molecule is CN(C)N(C)P(Cl)Cl. The molecule has 0 aliphatic heterocycles. The molecule has 5 heteroatoms. The topological polar surface area (TPSA) is 6.48 Å². The Hall–Kier alpha value is 0.930. The Labute approximate surface area is 60.7 Å². The molecule has 0 aromatic heterocycles. The molecule has 0 aliphatic carbocycles. The molecule has 0 rings (SSSR count). The van der Waals surface area contributed by atoms with Gasteiger partial charge in [-0.1, -0.05) is 22.5 Å². The molecule has 0 amide bonds. The summed E-state index contributed by atoms with van der Waals surface area (Å²) < 4.78 is 1.76. The first-order valence-electron chi connectivity index (χ1n) is 2.08. The summed E-state index contributed by atoms with van der Waals surface area (Å²) in [6.07, 6.45) is 0. The van der Waals surface area contributed by atoms with E-state index < -0.39 is 6.78 Å². The van der Waals surface area contributed by atoms with Crippen LogP contribution in [-0.4, -0.2) is 30.9 Å². The second kappa shape index (κ2) is 3.86. The normalized spacial score (nSPS) is 12.0. The van der Waals surface area contributed by atoms with Gasteiger partial charge in [-0.2, -0.15) is 4.78 Å². The summed E-state index contributed by atoms with van der Waals surface area (Å²) in [5.74, 6) is 0. The van der Waals surface area contributed by atoms with Crippen molar-refractivity contribution in [2.45, 2.75) is 0 Å². The molecule has 0 spiro atoms. The van der Waals surface area contributed by atoms with Gasteiger partial charge in [0, 0.05) is 21.1 Å². The summed E-state index contributed by atoms with van der Waals surface area (Å²) >= 11 is 11.1. The molecule has 0 N–H and O–H groups in total. The lowest BCUT2D eigenvalue weighted by Crippen LogP contribution is -2.25. The van der Waals surface area contributed by atoms with Gasteiger partial charge < -0.3 is 0 Å². The molecule has 0 aromatic carbocycles. The Bertz CT molecular complexity index is 60.3. The maximum atomic E-state index is 5.54. The number of hydrazine groups is 1. The van der Waals surface area contributed by atoms with Crippen molar-refractivity contribution in [1.29, 1.82) is 0 Å². The minimum Gasteiger partial charge on any atom is -0.243 e. The van der Waals surface area contributed by atoms with Crippen LogP contribution in [0.5, 0.6) is 0 Å². The van der Waals surface area contributed by atoms with Crippen LogP contribution in [0, 0.1) is 0 Å². The van der Waals surface area contributed by atoms with Crippen molar-refractivity contribution in [3.8, 4) is 0 Å². The lowest BCUT2D eigenvalue weighted by atomic mass is 11.1. The summed E-state index contributed by atoms with van der Waals surface area (Å²) in [6.45, 7) is -0.997. The van der Waals surface area contributed by atoms with Crippen LogP contribution in [0.2, 0.25) is 0 Å². The van der Waals surface area contributed by atoms with Gasteiger partial charge in [0.25, 0.3) is 0 Å². The highest BCUT2D eigenvalue weighted by Crippen LogP contribution is 2.49. The predicted octanol–water partition coefficient (Wildman–Crippen LogP) is 2.10. The summed E-state index contributed by atoms with van der Waals surface area (Å²) in [5, 5.41) is 1.84. The first-order valence-corrected chi connectivity index (χ1v) is 5.18. The monoisotopic (exact) mass is 174 g/mol. The molecule has 0 unspecified atom stereocenters. The van der Waals surface area contributed by atoms with Gasteiger partial charge >= 0.3 is 0 Å². The van der Waals surface area contributed by atoms with Gasteiger partial charge in [-0.05, 0) is 0 Å². The highest BCUT2D eigenvalue weighted by atomic mass is 35.9. The van der Waals surface area contributed by atoms with Crippen LogP contribution in [0.15, 0.2) is 0 Å². The fourth-order valence-corrected chi connectivity index (χ4v) is 1.22. The molecular formula is C3H9Cl2N2P. The fourth-order valence-electron chi connectivity index (χ4n) is 0.135. The number of hydrogen-bond acceptors (Lipinski definition) is 2. The smallest absolute Gasteiger partial charge is 0.173 e. The van der Waals surface area contributed by atoms with E-state index >= 15 is 0 Å². The second-order valence-corrected chi connectivity index (χ2v) is 5.00. The molecule has 0 bridgehead atoms. The third-order valence-corrected chi connectivity index (χ3v) is 2.91. The average Bonchev–Trinajstić information content (AvgIpc) is 1.64. The van der Waals surface area contributed by atoms with E-state index in [1.54, 1.807) is 4.78 Å². The van der Waals surface area contributed by atoms with Crippen molar-refractivity contribution >= 4 is 29.3 Å². The molecule has 0 aromatic rings. The Morgan fingerprint density at radius 3 is 1.50 bits per heavy atom. The Morgan fingerprint density at radius 2 is 1.50 bits per heavy atom. The van der Waals surface area contributed by atoms with Gasteiger partial charge in [0.05, 0.1) is 0 Å². The van der Waals surface area contributed by atoms with E-state index in [0.717, 1.165) is 0 Å². The van der Waals surface area contributed by atoms with Crippen molar-refractivity contribution < 1.29 is 0 Å². The van der Waals surface area contributed by atoms with E-state index in [2.05, 4.69) is 0 Å². The van der Waals surface area contributed by atoms with Crippen molar-refractivity contribution in [2.75, 3.05) is 21.1 Å². The van der Waals surface area contributed by atoms with Gasteiger partial charge in [-0.3, -0.25) is 0 Å². The zero-order valence-corrected chi connectivity index (χ0v) is 7.50. The number of rotatable bonds is 2. The molecule has 0 radical (unpaired) electrons. The number of nitrogens with zero attached hydrogens (tertiary/aromatic N) is 2. The van der Waals surface area contributed by atoms with Crippen LogP contribution >= 0.6 is 29.3 Å².